The van der Waals surface area contributed by atoms with E-state index in [1.165, 1.54) is 24.4 Å². The molecule has 146 valence electrons. The van der Waals surface area contributed by atoms with E-state index in [0.717, 1.165) is 17.4 Å². The smallest absolute Gasteiger partial charge is 0.416 e. The fourth-order valence-corrected chi connectivity index (χ4v) is 2.74. The van der Waals surface area contributed by atoms with Crippen molar-refractivity contribution in [3.8, 4) is 10.8 Å². The maximum absolute atomic E-state index is 13.7. The lowest BCUT2D eigenvalue weighted by molar-refractivity contribution is -0.137. The Morgan fingerprint density at radius 3 is 2.57 bits per heavy atom. The highest BCUT2D eigenvalue weighted by molar-refractivity contribution is 7.17. The van der Waals surface area contributed by atoms with E-state index in [1.54, 1.807) is 0 Å². The van der Waals surface area contributed by atoms with E-state index in [9.17, 15) is 26.7 Å². The van der Waals surface area contributed by atoms with Crippen LogP contribution in [-0.2, 0) is 6.18 Å². The topological polar surface area (TPSA) is 63.2 Å². The third kappa shape index (κ3) is 4.94. The molecule has 2 amide bonds. The zero-order chi connectivity index (χ0) is 20.3. The van der Waals surface area contributed by atoms with Crippen molar-refractivity contribution in [2.45, 2.75) is 6.18 Å². The number of thiazole rings is 1. The number of carbonyl (C=O) groups excluding carboxylic acids is 1. The number of ether oxygens (including phenoxy) is 1. The van der Waals surface area contributed by atoms with Gasteiger partial charge in [-0.15, -0.1) is 0 Å². The number of hydrogen-bond acceptors (Lipinski definition) is 4. The maximum atomic E-state index is 13.7. The first-order valence-electron chi connectivity index (χ1n) is 7.55. The molecule has 0 bridgehead atoms. The monoisotopic (exact) mass is 415 g/mol. The number of benzene rings is 2. The van der Waals surface area contributed by atoms with Crippen LogP contribution in [0.15, 0.2) is 48.7 Å². The number of urea groups is 1. The van der Waals surface area contributed by atoms with Crippen LogP contribution < -0.4 is 15.4 Å². The Morgan fingerprint density at radius 1 is 1.07 bits per heavy atom. The summed E-state index contributed by atoms with van der Waals surface area (Å²) in [5.41, 5.74) is -1.75. The van der Waals surface area contributed by atoms with Crippen LogP contribution in [0.2, 0.25) is 0 Å². The van der Waals surface area contributed by atoms with Gasteiger partial charge >= 0.3 is 12.2 Å². The molecule has 0 saturated carbocycles. The molecule has 0 unspecified atom stereocenters. The first kappa shape index (κ1) is 19.5. The van der Waals surface area contributed by atoms with Crippen molar-refractivity contribution < 1.29 is 31.5 Å². The molecule has 3 aromatic rings. The van der Waals surface area contributed by atoms with E-state index in [2.05, 4.69) is 10.3 Å². The fourth-order valence-electron chi connectivity index (χ4n) is 2.06. The molecule has 0 saturated heterocycles. The number of nitrogens with one attached hydrogen (secondary N) is 2. The first-order valence-corrected chi connectivity index (χ1v) is 8.36. The van der Waals surface area contributed by atoms with Gasteiger partial charge in [0.25, 0.3) is 0 Å². The Hall–Kier alpha value is -3.21. The van der Waals surface area contributed by atoms with E-state index in [4.69, 9.17) is 4.74 Å². The van der Waals surface area contributed by atoms with Crippen LogP contribution in [0.4, 0.5) is 37.6 Å². The summed E-state index contributed by atoms with van der Waals surface area (Å²) in [5, 5.41) is 4.50. The van der Waals surface area contributed by atoms with Crippen LogP contribution in [0.3, 0.4) is 0 Å². The molecule has 0 spiro atoms. The van der Waals surface area contributed by atoms with Gasteiger partial charge in [0.1, 0.15) is 17.4 Å². The van der Waals surface area contributed by atoms with Gasteiger partial charge in [0.05, 0.1) is 17.4 Å². The van der Waals surface area contributed by atoms with Gasteiger partial charge in [0.15, 0.2) is 5.13 Å². The minimum atomic E-state index is -4.68. The number of aromatic nitrogens is 1. The highest BCUT2D eigenvalue weighted by atomic mass is 32.1. The molecule has 3 rings (SSSR count). The predicted molar refractivity (Wildman–Crippen MR) is 92.6 cm³/mol. The van der Waals surface area contributed by atoms with Crippen LogP contribution in [-0.4, -0.2) is 11.0 Å². The van der Waals surface area contributed by atoms with Gasteiger partial charge in [-0.2, -0.15) is 13.2 Å². The van der Waals surface area contributed by atoms with Gasteiger partial charge in [-0.25, -0.2) is 18.6 Å². The summed E-state index contributed by atoms with van der Waals surface area (Å²) in [6, 6.07) is 6.00. The molecule has 1 aromatic heterocycles. The second kappa shape index (κ2) is 7.80. The standard InChI is InChI=1S/C17H10F5N3O2S/c18-10-2-1-3-11(7-10)27-14-8-23-16(28-14)25-15(26)24-13-6-9(17(20,21)22)4-5-12(13)19/h1-8H,(H2,23,24,25,26). The number of hydrogen-bond donors (Lipinski definition) is 2. The molecule has 0 radical (unpaired) electrons. The average Bonchev–Trinajstić information content (AvgIpc) is 3.02. The quantitative estimate of drug-likeness (QED) is 0.524. The number of carbonyl (C=O) groups is 1. The highest BCUT2D eigenvalue weighted by Crippen LogP contribution is 2.33. The largest absolute Gasteiger partial charge is 0.445 e. The molecule has 0 aliphatic carbocycles. The molecule has 1 heterocycles. The van der Waals surface area contributed by atoms with Crippen LogP contribution in [0.1, 0.15) is 5.56 Å². The lowest BCUT2D eigenvalue weighted by atomic mass is 10.2. The first-order chi connectivity index (χ1) is 13.2. The molecule has 0 aliphatic heterocycles. The van der Waals surface area contributed by atoms with Gasteiger partial charge in [-0.3, -0.25) is 5.32 Å². The minimum Gasteiger partial charge on any atom is -0.445 e. The van der Waals surface area contributed by atoms with Crippen molar-refractivity contribution in [1.82, 2.24) is 4.98 Å². The van der Waals surface area contributed by atoms with E-state index >= 15 is 0 Å². The SMILES string of the molecule is O=C(Nc1ncc(Oc2cccc(F)c2)s1)Nc1cc(C(F)(F)F)ccc1F. The second-order valence-corrected chi connectivity index (χ2v) is 6.31. The second-order valence-electron chi connectivity index (χ2n) is 5.32. The molecule has 0 atom stereocenters. The zero-order valence-electron chi connectivity index (χ0n) is 13.7. The summed E-state index contributed by atoms with van der Waals surface area (Å²) in [6.45, 7) is 0. The molecule has 2 aromatic carbocycles. The third-order valence-electron chi connectivity index (χ3n) is 3.26. The Balaban J connectivity index is 1.65. The summed E-state index contributed by atoms with van der Waals surface area (Å²) in [6.07, 6.45) is -3.42. The molecule has 0 aliphatic rings. The van der Waals surface area contributed by atoms with Crippen LogP contribution in [0, 0.1) is 11.6 Å². The summed E-state index contributed by atoms with van der Waals surface area (Å²) in [5.74, 6) is -1.31. The normalized spacial score (nSPS) is 11.2. The lowest BCUT2D eigenvalue weighted by Gasteiger charge is -2.11. The summed E-state index contributed by atoms with van der Waals surface area (Å²) in [7, 11) is 0. The minimum absolute atomic E-state index is 0.0382. The number of anilines is 2. The predicted octanol–water partition coefficient (Wildman–Crippen LogP) is 5.88. The molecule has 28 heavy (non-hydrogen) atoms. The number of amides is 2. The molecular weight excluding hydrogens is 405 g/mol. The summed E-state index contributed by atoms with van der Waals surface area (Å²) >= 11 is 0.883. The van der Waals surface area contributed by atoms with E-state index in [-0.39, 0.29) is 15.9 Å². The number of rotatable bonds is 4. The van der Waals surface area contributed by atoms with Crippen molar-refractivity contribution in [3.05, 3.63) is 65.9 Å². The van der Waals surface area contributed by atoms with E-state index < -0.39 is 35.1 Å². The van der Waals surface area contributed by atoms with Crippen molar-refractivity contribution in [3.63, 3.8) is 0 Å². The Kier molecular flexibility index (Phi) is 5.45. The lowest BCUT2D eigenvalue weighted by Crippen LogP contribution is -2.20. The van der Waals surface area contributed by atoms with Gasteiger partial charge in [-0.05, 0) is 30.3 Å². The fraction of sp³-hybridized carbons (Fsp3) is 0.0588. The molecule has 11 heteroatoms. The Labute approximate surface area is 158 Å². The molecule has 5 nitrogen and oxygen atoms in total. The van der Waals surface area contributed by atoms with Crippen molar-refractivity contribution in [2.75, 3.05) is 10.6 Å². The van der Waals surface area contributed by atoms with Crippen LogP contribution in [0.5, 0.6) is 10.8 Å². The molecule has 2 N–H and O–H groups in total. The molecule has 0 fully saturated rings. The number of nitrogens with zero attached hydrogens (tertiary/aromatic N) is 1. The Morgan fingerprint density at radius 2 is 1.86 bits per heavy atom. The third-order valence-corrected chi connectivity index (χ3v) is 4.05. The van der Waals surface area contributed by atoms with E-state index in [1.807, 2.05) is 5.32 Å². The van der Waals surface area contributed by atoms with Gasteiger partial charge in [-0.1, -0.05) is 17.4 Å². The Bertz CT molecular complexity index is 1010. The van der Waals surface area contributed by atoms with Gasteiger partial charge < -0.3 is 10.1 Å². The van der Waals surface area contributed by atoms with E-state index in [0.29, 0.717) is 18.2 Å². The summed E-state index contributed by atoms with van der Waals surface area (Å²) in [4.78, 5) is 15.8. The number of halogens is 5. The van der Waals surface area contributed by atoms with Gasteiger partial charge in [0, 0.05) is 6.07 Å². The van der Waals surface area contributed by atoms with Crippen molar-refractivity contribution in [2.24, 2.45) is 0 Å². The summed E-state index contributed by atoms with van der Waals surface area (Å²) < 4.78 is 70.2. The average molecular weight is 415 g/mol. The van der Waals surface area contributed by atoms with Crippen molar-refractivity contribution >= 4 is 28.2 Å². The van der Waals surface area contributed by atoms with Crippen LogP contribution in [0.25, 0.3) is 0 Å². The highest BCUT2D eigenvalue weighted by Gasteiger charge is 2.31. The van der Waals surface area contributed by atoms with Crippen LogP contribution >= 0.6 is 11.3 Å². The van der Waals surface area contributed by atoms with Crippen molar-refractivity contribution in [1.29, 1.82) is 0 Å². The maximum Gasteiger partial charge on any atom is 0.416 e. The van der Waals surface area contributed by atoms with Gasteiger partial charge in [0.2, 0.25) is 5.06 Å². The number of alkyl halides is 3. The zero-order valence-corrected chi connectivity index (χ0v) is 14.5. The molecular formula is C17H10F5N3O2S.